The minimum atomic E-state index is -0.654. The van der Waals surface area contributed by atoms with Crippen LogP contribution in [0.1, 0.15) is 20.8 Å². The first kappa shape index (κ1) is 12.8. The first-order valence-electron chi connectivity index (χ1n) is 4.69. The van der Waals surface area contributed by atoms with Crippen LogP contribution in [0.5, 0.6) is 0 Å². The molecule has 4 heteroatoms. The second-order valence-corrected chi connectivity index (χ2v) is 3.50. The van der Waals surface area contributed by atoms with Crippen molar-refractivity contribution in [1.82, 2.24) is 4.90 Å². The highest BCUT2D eigenvalue weighted by Gasteiger charge is 2.29. The largest absolute Gasteiger partial charge is 0.395 e. The smallest absolute Gasteiger partial charge is 0.129 e. The Morgan fingerprint density at radius 1 is 1.62 bits per heavy atom. The number of aliphatic hydroxyl groups excluding tert-OH is 1. The summed E-state index contributed by atoms with van der Waals surface area (Å²) in [7, 11) is 1.92. The fourth-order valence-corrected chi connectivity index (χ4v) is 1.22. The van der Waals surface area contributed by atoms with E-state index in [2.05, 4.69) is 0 Å². The van der Waals surface area contributed by atoms with Gasteiger partial charge < -0.3 is 15.6 Å². The third-order valence-corrected chi connectivity index (χ3v) is 2.40. The monoisotopic (exact) mass is 190 g/mol. The van der Waals surface area contributed by atoms with E-state index in [1.54, 1.807) is 0 Å². The molecule has 0 bridgehead atoms. The van der Waals surface area contributed by atoms with Crippen LogP contribution in [0, 0.1) is 0 Å². The lowest BCUT2D eigenvalue weighted by Crippen LogP contribution is -2.56. The Morgan fingerprint density at radius 2 is 2.15 bits per heavy atom. The van der Waals surface area contributed by atoms with Crippen molar-refractivity contribution in [2.45, 2.75) is 32.5 Å². The Hall–Kier alpha value is -0.160. The zero-order valence-corrected chi connectivity index (χ0v) is 9.08. The standard InChI is InChI=1S/C9H22N2O2/c1-5-13-9(3,10)8(2)11(4)6-7-12/h8,12H,5-7,10H2,1-4H3. The fourth-order valence-electron chi connectivity index (χ4n) is 1.22. The molecule has 0 spiro atoms. The highest BCUT2D eigenvalue weighted by Crippen LogP contribution is 2.12. The summed E-state index contributed by atoms with van der Waals surface area (Å²) in [5.41, 5.74) is 5.30. The van der Waals surface area contributed by atoms with Crippen LogP contribution in [0.25, 0.3) is 0 Å². The van der Waals surface area contributed by atoms with Crippen LogP contribution in [-0.2, 0) is 4.74 Å². The van der Waals surface area contributed by atoms with Crippen LogP contribution in [0.4, 0.5) is 0 Å². The van der Waals surface area contributed by atoms with Crippen LogP contribution in [0.15, 0.2) is 0 Å². The van der Waals surface area contributed by atoms with Gasteiger partial charge in [-0.15, -0.1) is 0 Å². The Bertz CT molecular complexity index is 140. The number of nitrogens with zero attached hydrogens (tertiary/aromatic N) is 1. The lowest BCUT2D eigenvalue weighted by molar-refractivity contribution is -0.0737. The van der Waals surface area contributed by atoms with E-state index in [1.165, 1.54) is 0 Å². The molecule has 2 unspecified atom stereocenters. The van der Waals surface area contributed by atoms with Gasteiger partial charge in [-0.1, -0.05) is 0 Å². The summed E-state index contributed by atoms with van der Waals surface area (Å²) in [6.45, 7) is 7.12. The first-order chi connectivity index (χ1) is 5.95. The van der Waals surface area contributed by atoms with E-state index in [-0.39, 0.29) is 12.6 Å². The highest BCUT2D eigenvalue weighted by atomic mass is 16.5. The van der Waals surface area contributed by atoms with E-state index >= 15 is 0 Å². The predicted molar refractivity (Wildman–Crippen MR) is 53.4 cm³/mol. The molecule has 0 saturated heterocycles. The Morgan fingerprint density at radius 3 is 2.54 bits per heavy atom. The van der Waals surface area contributed by atoms with E-state index in [9.17, 15) is 0 Å². The number of rotatable bonds is 6. The Kier molecular flexibility index (Phi) is 5.48. The molecule has 0 rings (SSSR count). The van der Waals surface area contributed by atoms with Crippen molar-refractivity contribution in [2.24, 2.45) is 5.73 Å². The lowest BCUT2D eigenvalue weighted by atomic mass is 10.1. The van der Waals surface area contributed by atoms with Gasteiger partial charge in [-0.05, 0) is 27.8 Å². The van der Waals surface area contributed by atoms with Gasteiger partial charge in [-0.2, -0.15) is 0 Å². The maximum atomic E-state index is 8.76. The summed E-state index contributed by atoms with van der Waals surface area (Å²) in [6, 6.07) is 0.0830. The molecule has 0 aromatic heterocycles. The quantitative estimate of drug-likeness (QED) is 0.579. The predicted octanol–water partition coefficient (Wildman–Crippen LogP) is 0.0104. The highest BCUT2D eigenvalue weighted by molar-refractivity contribution is 4.81. The molecule has 0 aliphatic carbocycles. The van der Waals surface area contributed by atoms with Crippen molar-refractivity contribution in [2.75, 3.05) is 26.8 Å². The van der Waals surface area contributed by atoms with Crippen LogP contribution in [0.2, 0.25) is 0 Å². The average molecular weight is 190 g/mol. The van der Waals surface area contributed by atoms with Gasteiger partial charge in [0, 0.05) is 19.2 Å². The molecule has 80 valence electrons. The second kappa shape index (κ2) is 5.54. The summed E-state index contributed by atoms with van der Waals surface area (Å²) >= 11 is 0. The zero-order valence-electron chi connectivity index (χ0n) is 9.08. The van der Waals surface area contributed by atoms with E-state index in [0.717, 1.165) is 0 Å². The van der Waals surface area contributed by atoms with Crippen LogP contribution in [-0.4, -0.2) is 48.6 Å². The van der Waals surface area contributed by atoms with Gasteiger partial charge in [0.2, 0.25) is 0 Å². The molecule has 0 radical (unpaired) electrons. The third kappa shape index (κ3) is 4.04. The van der Waals surface area contributed by atoms with E-state index in [4.69, 9.17) is 15.6 Å². The van der Waals surface area contributed by atoms with Crippen molar-refractivity contribution in [1.29, 1.82) is 0 Å². The number of likely N-dealkylation sites (N-methyl/N-ethyl adjacent to an activating group) is 1. The number of aliphatic hydroxyl groups is 1. The van der Waals surface area contributed by atoms with E-state index in [1.807, 2.05) is 32.7 Å². The molecule has 0 heterocycles. The first-order valence-corrected chi connectivity index (χ1v) is 4.69. The maximum absolute atomic E-state index is 8.76. The van der Waals surface area contributed by atoms with Gasteiger partial charge in [-0.3, -0.25) is 4.90 Å². The molecule has 0 aliphatic rings. The molecule has 0 saturated carbocycles. The summed E-state index contributed by atoms with van der Waals surface area (Å²) in [5, 5.41) is 8.76. The molecule has 13 heavy (non-hydrogen) atoms. The van der Waals surface area contributed by atoms with Crippen LogP contribution in [0.3, 0.4) is 0 Å². The lowest BCUT2D eigenvalue weighted by Gasteiger charge is -2.37. The zero-order chi connectivity index (χ0) is 10.5. The summed E-state index contributed by atoms with van der Waals surface area (Å²) < 4.78 is 5.41. The maximum Gasteiger partial charge on any atom is 0.129 e. The molecule has 0 aliphatic heterocycles. The molecule has 2 atom stereocenters. The van der Waals surface area contributed by atoms with Gasteiger partial charge in [-0.25, -0.2) is 0 Å². The molecule has 0 fully saturated rings. The molecule has 4 nitrogen and oxygen atoms in total. The van der Waals surface area contributed by atoms with Crippen molar-refractivity contribution >= 4 is 0 Å². The van der Waals surface area contributed by atoms with Crippen molar-refractivity contribution in [3.63, 3.8) is 0 Å². The molecular formula is C9H22N2O2. The molecule has 0 aromatic carbocycles. The van der Waals surface area contributed by atoms with Crippen molar-refractivity contribution in [3.05, 3.63) is 0 Å². The topological polar surface area (TPSA) is 58.7 Å². The van der Waals surface area contributed by atoms with E-state index in [0.29, 0.717) is 13.2 Å². The van der Waals surface area contributed by atoms with Crippen LogP contribution >= 0.6 is 0 Å². The molecule has 0 aromatic rings. The van der Waals surface area contributed by atoms with Crippen molar-refractivity contribution < 1.29 is 9.84 Å². The van der Waals surface area contributed by atoms with Gasteiger partial charge in [0.1, 0.15) is 5.72 Å². The van der Waals surface area contributed by atoms with Gasteiger partial charge in [0.15, 0.2) is 0 Å². The molecule has 0 amide bonds. The second-order valence-electron chi connectivity index (χ2n) is 3.50. The van der Waals surface area contributed by atoms with Gasteiger partial charge in [0.05, 0.1) is 6.61 Å². The van der Waals surface area contributed by atoms with Crippen LogP contribution < -0.4 is 5.73 Å². The Labute approximate surface area is 80.7 Å². The van der Waals surface area contributed by atoms with Gasteiger partial charge in [0.25, 0.3) is 0 Å². The SMILES string of the molecule is CCOC(C)(N)C(C)N(C)CCO. The number of hydrogen-bond donors (Lipinski definition) is 2. The minimum absolute atomic E-state index is 0.0830. The minimum Gasteiger partial charge on any atom is -0.395 e. The molecular weight excluding hydrogens is 168 g/mol. The summed E-state index contributed by atoms with van der Waals surface area (Å²) in [5.74, 6) is 0. The average Bonchev–Trinajstić information content (AvgIpc) is 2.03. The van der Waals surface area contributed by atoms with Crippen molar-refractivity contribution in [3.8, 4) is 0 Å². The number of nitrogens with two attached hydrogens (primary N) is 1. The summed E-state index contributed by atoms with van der Waals surface area (Å²) in [6.07, 6.45) is 0. The fraction of sp³-hybridized carbons (Fsp3) is 1.00. The van der Waals surface area contributed by atoms with E-state index < -0.39 is 5.72 Å². The van der Waals surface area contributed by atoms with Gasteiger partial charge >= 0.3 is 0 Å². The Balaban J connectivity index is 4.12. The third-order valence-electron chi connectivity index (χ3n) is 2.40. The number of ether oxygens (including phenoxy) is 1. The summed E-state index contributed by atoms with van der Waals surface area (Å²) in [4.78, 5) is 1.98. The number of hydrogen-bond acceptors (Lipinski definition) is 4. The molecule has 3 N–H and O–H groups in total. The normalized spacial score (nSPS) is 18.7.